The molecule has 0 aromatic carbocycles. The molecule has 0 aliphatic rings. The standard InChI is InChI=1S/C12H19N3O/c1-6-15-10(3)12(9(2)13-15)11(16)7-8-14(4)5/h7-8H,6H2,1-5H3. The number of aryl methyl sites for hydroxylation is 2. The molecule has 0 fully saturated rings. The lowest BCUT2D eigenvalue weighted by Gasteiger charge is -2.03. The number of aromatic nitrogens is 2. The van der Waals surface area contributed by atoms with Crippen LogP contribution in [0.2, 0.25) is 0 Å². The van der Waals surface area contributed by atoms with Crippen molar-refractivity contribution in [2.45, 2.75) is 27.3 Å². The number of carbonyl (C=O) groups excluding carboxylic acids is 1. The maximum absolute atomic E-state index is 12.0. The van der Waals surface area contributed by atoms with E-state index in [9.17, 15) is 4.79 Å². The first-order chi connectivity index (χ1) is 7.47. The monoisotopic (exact) mass is 221 g/mol. The van der Waals surface area contributed by atoms with Crippen molar-refractivity contribution in [3.05, 3.63) is 29.2 Å². The Balaban J connectivity index is 3.04. The zero-order valence-corrected chi connectivity index (χ0v) is 10.6. The van der Waals surface area contributed by atoms with Gasteiger partial charge in [0.2, 0.25) is 0 Å². The molecule has 0 radical (unpaired) electrons. The normalized spacial score (nSPS) is 11.1. The van der Waals surface area contributed by atoms with Crippen LogP contribution < -0.4 is 0 Å². The predicted molar refractivity (Wildman–Crippen MR) is 64.5 cm³/mol. The van der Waals surface area contributed by atoms with Crippen LogP contribution in [-0.2, 0) is 6.54 Å². The van der Waals surface area contributed by atoms with Gasteiger partial charge in [-0.15, -0.1) is 0 Å². The smallest absolute Gasteiger partial charge is 0.190 e. The highest BCUT2D eigenvalue weighted by Crippen LogP contribution is 2.14. The number of carbonyl (C=O) groups is 1. The van der Waals surface area contributed by atoms with Gasteiger partial charge in [-0.2, -0.15) is 5.10 Å². The fourth-order valence-corrected chi connectivity index (χ4v) is 1.66. The van der Waals surface area contributed by atoms with Gasteiger partial charge in [0.1, 0.15) is 0 Å². The number of rotatable bonds is 4. The van der Waals surface area contributed by atoms with Crippen LogP contribution in [0.3, 0.4) is 0 Å². The second kappa shape index (κ2) is 4.96. The molecule has 88 valence electrons. The van der Waals surface area contributed by atoms with Crippen molar-refractivity contribution in [2.24, 2.45) is 0 Å². The molecule has 1 rings (SSSR count). The highest BCUT2D eigenvalue weighted by molar-refractivity contribution is 6.06. The highest BCUT2D eigenvalue weighted by atomic mass is 16.1. The number of hydrogen-bond donors (Lipinski definition) is 0. The Morgan fingerprint density at radius 2 is 2.06 bits per heavy atom. The first kappa shape index (κ1) is 12.5. The maximum atomic E-state index is 12.0. The van der Waals surface area contributed by atoms with Crippen LogP contribution in [0.15, 0.2) is 12.3 Å². The third-order valence-corrected chi connectivity index (χ3v) is 2.45. The van der Waals surface area contributed by atoms with E-state index in [4.69, 9.17) is 0 Å². The average molecular weight is 221 g/mol. The molecule has 0 unspecified atom stereocenters. The minimum Gasteiger partial charge on any atom is -0.383 e. The summed E-state index contributed by atoms with van der Waals surface area (Å²) in [5, 5.41) is 4.33. The third-order valence-electron chi connectivity index (χ3n) is 2.45. The molecule has 0 saturated heterocycles. The summed E-state index contributed by atoms with van der Waals surface area (Å²) < 4.78 is 1.85. The van der Waals surface area contributed by atoms with Crippen LogP contribution in [0, 0.1) is 13.8 Å². The molecule has 1 aromatic rings. The second-order valence-corrected chi connectivity index (χ2v) is 4.01. The van der Waals surface area contributed by atoms with Gasteiger partial charge in [0.25, 0.3) is 0 Å². The van der Waals surface area contributed by atoms with Gasteiger partial charge in [-0.1, -0.05) is 0 Å². The molecule has 0 bridgehead atoms. The molecule has 4 nitrogen and oxygen atoms in total. The predicted octanol–water partition coefficient (Wildman–Crippen LogP) is 1.78. The van der Waals surface area contributed by atoms with Crippen molar-refractivity contribution in [3.8, 4) is 0 Å². The largest absolute Gasteiger partial charge is 0.383 e. The Kier molecular flexibility index (Phi) is 3.88. The average Bonchev–Trinajstić information content (AvgIpc) is 2.50. The van der Waals surface area contributed by atoms with E-state index >= 15 is 0 Å². The molecule has 4 heteroatoms. The van der Waals surface area contributed by atoms with E-state index in [0.29, 0.717) is 0 Å². The van der Waals surface area contributed by atoms with E-state index in [1.807, 2.05) is 44.4 Å². The quantitative estimate of drug-likeness (QED) is 0.574. The van der Waals surface area contributed by atoms with Gasteiger partial charge in [0.05, 0.1) is 11.3 Å². The summed E-state index contributed by atoms with van der Waals surface area (Å²) in [5.74, 6) is 0.0170. The summed E-state index contributed by atoms with van der Waals surface area (Å²) in [5.41, 5.74) is 2.46. The van der Waals surface area contributed by atoms with E-state index in [0.717, 1.165) is 23.5 Å². The molecular formula is C12H19N3O. The lowest BCUT2D eigenvalue weighted by atomic mass is 10.1. The summed E-state index contributed by atoms with van der Waals surface area (Å²) in [6.07, 6.45) is 3.33. The molecule has 0 saturated carbocycles. The van der Waals surface area contributed by atoms with E-state index in [1.165, 1.54) is 0 Å². The molecule has 0 aliphatic heterocycles. The second-order valence-electron chi connectivity index (χ2n) is 4.01. The Morgan fingerprint density at radius 3 is 2.50 bits per heavy atom. The summed E-state index contributed by atoms with van der Waals surface area (Å²) in [6, 6.07) is 0. The lowest BCUT2D eigenvalue weighted by Crippen LogP contribution is -2.05. The molecule has 1 aromatic heterocycles. The SMILES string of the molecule is CCn1nc(C)c(C(=O)C=CN(C)C)c1C. The van der Waals surface area contributed by atoms with Crippen LogP contribution in [0.1, 0.15) is 28.7 Å². The van der Waals surface area contributed by atoms with Crippen molar-refractivity contribution >= 4 is 5.78 Å². The fourth-order valence-electron chi connectivity index (χ4n) is 1.66. The van der Waals surface area contributed by atoms with Gasteiger partial charge in [-0.05, 0) is 20.8 Å². The highest BCUT2D eigenvalue weighted by Gasteiger charge is 2.15. The van der Waals surface area contributed by atoms with Gasteiger partial charge in [-0.3, -0.25) is 9.48 Å². The van der Waals surface area contributed by atoms with Crippen molar-refractivity contribution < 1.29 is 4.79 Å². The molecule has 1 heterocycles. The van der Waals surface area contributed by atoms with Crippen molar-refractivity contribution in [2.75, 3.05) is 14.1 Å². The first-order valence-corrected chi connectivity index (χ1v) is 5.40. The molecule has 0 spiro atoms. The van der Waals surface area contributed by atoms with Crippen molar-refractivity contribution in [1.29, 1.82) is 0 Å². The minimum atomic E-state index is 0.0170. The Bertz CT molecular complexity index is 416. The van der Waals surface area contributed by atoms with Crippen LogP contribution in [0.5, 0.6) is 0 Å². The van der Waals surface area contributed by atoms with Crippen molar-refractivity contribution in [3.63, 3.8) is 0 Å². The molecular weight excluding hydrogens is 202 g/mol. The zero-order chi connectivity index (χ0) is 12.3. The van der Waals surface area contributed by atoms with Gasteiger partial charge >= 0.3 is 0 Å². The molecule has 0 aliphatic carbocycles. The third kappa shape index (κ3) is 2.51. The number of nitrogens with zero attached hydrogens (tertiary/aromatic N) is 3. The maximum Gasteiger partial charge on any atom is 0.190 e. The van der Waals surface area contributed by atoms with Crippen LogP contribution in [0.25, 0.3) is 0 Å². The number of ketones is 1. The van der Waals surface area contributed by atoms with Crippen LogP contribution >= 0.6 is 0 Å². The molecule has 0 amide bonds. The fraction of sp³-hybridized carbons (Fsp3) is 0.500. The summed E-state index contributed by atoms with van der Waals surface area (Å²) in [6.45, 7) is 6.61. The molecule has 0 atom stereocenters. The van der Waals surface area contributed by atoms with E-state index in [-0.39, 0.29) is 5.78 Å². The topological polar surface area (TPSA) is 38.1 Å². The van der Waals surface area contributed by atoms with E-state index in [2.05, 4.69) is 5.10 Å². The minimum absolute atomic E-state index is 0.0170. The van der Waals surface area contributed by atoms with E-state index < -0.39 is 0 Å². The Hall–Kier alpha value is -1.58. The Labute approximate surface area is 96.6 Å². The molecule has 16 heavy (non-hydrogen) atoms. The zero-order valence-electron chi connectivity index (χ0n) is 10.6. The summed E-state index contributed by atoms with van der Waals surface area (Å²) in [7, 11) is 3.78. The summed E-state index contributed by atoms with van der Waals surface area (Å²) >= 11 is 0. The van der Waals surface area contributed by atoms with Gasteiger partial charge in [0, 0.05) is 38.6 Å². The van der Waals surface area contributed by atoms with Gasteiger partial charge < -0.3 is 4.90 Å². The lowest BCUT2D eigenvalue weighted by molar-refractivity contribution is 0.104. The van der Waals surface area contributed by atoms with Gasteiger partial charge in [-0.25, -0.2) is 0 Å². The Morgan fingerprint density at radius 1 is 1.44 bits per heavy atom. The first-order valence-electron chi connectivity index (χ1n) is 5.40. The summed E-state index contributed by atoms with van der Waals surface area (Å²) in [4.78, 5) is 13.8. The number of hydrogen-bond acceptors (Lipinski definition) is 3. The van der Waals surface area contributed by atoms with Crippen LogP contribution in [0.4, 0.5) is 0 Å². The molecule has 0 N–H and O–H groups in total. The van der Waals surface area contributed by atoms with E-state index in [1.54, 1.807) is 12.3 Å². The van der Waals surface area contributed by atoms with Crippen molar-refractivity contribution in [1.82, 2.24) is 14.7 Å². The number of allylic oxidation sites excluding steroid dienone is 1. The van der Waals surface area contributed by atoms with Gasteiger partial charge in [0.15, 0.2) is 5.78 Å². The van der Waals surface area contributed by atoms with Crippen LogP contribution in [-0.4, -0.2) is 34.6 Å².